The minimum Gasteiger partial charge on any atom is -0.472 e. The van der Waals surface area contributed by atoms with E-state index in [4.69, 9.17) is 4.74 Å². The van der Waals surface area contributed by atoms with Gasteiger partial charge in [0.25, 0.3) is 5.19 Å². The molecule has 0 radical (unpaired) electrons. The maximum atomic E-state index is 10.2. The van der Waals surface area contributed by atoms with E-state index in [1.807, 2.05) is 18.2 Å². The van der Waals surface area contributed by atoms with Gasteiger partial charge in [0, 0.05) is 13.1 Å². The molecular weight excluding hydrogens is 262 g/mol. The van der Waals surface area contributed by atoms with Crippen molar-refractivity contribution >= 4 is 11.3 Å². The number of fused-ring (bicyclic) bond motifs is 1. The molecule has 5 nitrogen and oxygen atoms in total. The maximum absolute atomic E-state index is 10.2. The van der Waals surface area contributed by atoms with Gasteiger partial charge in [0.05, 0.1) is 19.8 Å². The summed E-state index contributed by atoms with van der Waals surface area (Å²) >= 11 is 1.44. The SMILES string of the molecule is COc1nnc(CN2Cc3ccccc3[C@H](O)C2)s1. The summed E-state index contributed by atoms with van der Waals surface area (Å²) in [6, 6.07) is 8.02. The highest BCUT2D eigenvalue weighted by molar-refractivity contribution is 7.13. The number of hydrogen-bond acceptors (Lipinski definition) is 6. The molecular formula is C13H15N3O2S. The van der Waals surface area contributed by atoms with Crippen molar-refractivity contribution in [3.05, 3.63) is 40.4 Å². The number of ether oxygens (including phenoxy) is 1. The van der Waals surface area contributed by atoms with E-state index in [2.05, 4.69) is 21.2 Å². The van der Waals surface area contributed by atoms with Gasteiger partial charge in [-0.15, -0.1) is 10.2 Å². The third kappa shape index (κ3) is 2.60. The van der Waals surface area contributed by atoms with Crippen LogP contribution in [-0.2, 0) is 13.1 Å². The predicted octanol–water partition coefficient (Wildman–Crippen LogP) is 1.60. The Morgan fingerprint density at radius 1 is 1.42 bits per heavy atom. The lowest BCUT2D eigenvalue weighted by Crippen LogP contribution is -2.33. The van der Waals surface area contributed by atoms with Gasteiger partial charge in [0.15, 0.2) is 0 Å². The second-order valence-corrected chi connectivity index (χ2v) is 5.57. The zero-order valence-electron chi connectivity index (χ0n) is 10.6. The Bertz CT molecular complexity index is 573. The summed E-state index contributed by atoms with van der Waals surface area (Å²) in [4.78, 5) is 2.17. The average Bonchev–Trinajstić information content (AvgIpc) is 2.86. The molecule has 1 atom stereocenters. The normalized spacial score (nSPS) is 19.2. The minimum absolute atomic E-state index is 0.431. The van der Waals surface area contributed by atoms with Crippen molar-refractivity contribution in [1.82, 2.24) is 15.1 Å². The molecule has 0 saturated heterocycles. The molecule has 1 aromatic heterocycles. The van der Waals surface area contributed by atoms with Gasteiger partial charge in [-0.25, -0.2) is 0 Å². The first kappa shape index (κ1) is 12.5. The lowest BCUT2D eigenvalue weighted by molar-refractivity contribution is 0.0880. The lowest BCUT2D eigenvalue weighted by atomic mass is 9.97. The van der Waals surface area contributed by atoms with Gasteiger partial charge in [-0.1, -0.05) is 35.6 Å². The Morgan fingerprint density at radius 2 is 2.26 bits per heavy atom. The topological polar surface area (TPSA) is 58.5 Å². The molecule has 0 bridgehead atoms. The number of aliphatic hydroxyl groups is 1. The van der Waals surface area contributed by atoms with Crippen molar-refractivity contribution in [2.75, 3.05) is 13.7 Å². The predicted molar refractivity (Wildman–Crippen MR) is 72.0 cm³/mol. The van der Waals surface area contributed by atoms with E-state index in [0.29, 0.717) is 18.3 Å². The van der Waals surface area contributed by atoms with Crippen molar-refractivity contribution in [2.24, 2.45) is 0 Å². The van der Waals surface area contributed by atoms with Crippen molar-refractivity contribution in [1.29, 1.82) is 0 Å². The Balaban J connectivity index is 1.74. The summed E-state index contributed by atoms with van der Waals surface area (Å²) in [7, 11) is 1.59. The number of nitrogens with zero attached hydrogens (tertiary/aromatic N) is 3. The number of aliphatic hydroxyl groups excluding tert-OH is 1. The van der Waals surface area contributed by atoms with E-state index >= 15 is 0 Å². The van der Waals surface area contributed by atoms with Crippen LogP contribution in [0.5, 0.6) is 5.19 Å². The number of hydrogen-bond donors (Lipinski definition) is 1. The van der Waals surface area contributed by atoms with Crippen molar-refractivity contribution in [2.45, 2.75) is 19.2 Å². The number of rotatable bonds is 3. The standard InChI is InChI=1S/C13H15N3O2S/c1-18-13-15-14-12(19-13)8-16-6-9-4-2-3-5-10(9)11(17)7-16/h2-5,11,17H,6-8H2,1H3/t11-/m1/s1. The third-order valence-electron chi connectivity index (χ3n) is 3.22. The van der Waals surface area contributed by atoms with Crippen LogP contribution in [-0.4, -0.2) is 33.9 Å². The van der Waals surface area contributed by atoms with Crippen LogP contribution in [0.15, 0.2) is 24.3 Å². The van der Waals surface area contributed by atoms with Crippen LogP contribution in [0.3, 0.4) is 0 Å². The molecule has 100 valence electrons. The van der Waals surface area contributed by atoms with E-state index in [0.717, 1.165) is 17.1 Å². The molecule has 0 saturated carbocycles. The Kier molecular flexibility index (Phi) is 3.46. The molecule has 1 aromatic carbocycles. The van der Waals surface area contributed by atoms with Crippen LogP contribution < -0.4 is 4.74 Å². The number of methoxy groups -OCH3 is 1. The van der Waals surface area contributed by atoms with Gasteiger partial charge < -0.3 is 9.84 Å². The maximum Gasteiger partial charge on any atom is 0.293 e. The molecule has 1 aliphatic rings. The quantitative estimate of drug-likeness (QED) is 0.923. The fraction of sp³-hybridized carbons (Fsp3) is 0.385. The van der Waals surface area contributed by atoms with Gasteiger partial charge >= 0.3 is 0 Å². The van der Waals surface area contributed by atoms with Gasteiger partial charge in [-0.2, -0.15) is 0 Å². The van der Waals surface area contributed by atoms with E-state index in [9.17, 15) is 5.11 Å². The van der Waals surface area contributed by atoms with Gasteiger partial charge in [-0.3, -0.25) is 4.90 Å². The van der Waals surface area contributed by atoms with Crippen molar-refractivity contribution in [3.8, 4) is 5.19 Å². The molecule has 3 rings (SSSR count). The smallest absolute Gasteiger partial charge is 0.293 e. The Labute approximate surface area is 115 Å². The highest BCUT2D eigenvalue weighted by Crippen LogP contribution is 2.28. The Morgan fingerprint density at radius 3 is 3.05 bits per heavy atom. The molecule has 0 fully saturated rings. The second kappa shape index (κ2) is 5.24. The van der Waals surface area contributed by atoms with Gasteiger partial charge in [0.2, 0.25) is 0 Å². The van der Waals surface area contributed by atoms with E-state index in [1.54, 1.807) is 7.11 Å². The van der Waals surface area contributed by atoms with Crippen LogP contribution in [0.4, 0.5) is 0 Å². The van der Waals surface area contributed by atoms with Crippen molar-refractivity contribution < 1.29 is 9.84 Å². The summed E-state index contributed by atoms with van der Waals surface area (Å²) in [6.45, 7) is 2.14. The van der Waals surface area contributed by atoms with Gasteiger partial charge in [-0.05, 0) is 11.1 Å². The van der Waals surface area contributed by atoms with E-state index in [1.165, 1.54) is 16.9 Å². The van der Waals surface area contributed by atoms with Crippen LogP contribution in [0.1, 0.15) is 22.2 Å². The molecule has 0 amide bonds. The largest absolute Gasteiger partial charge is 0.472 e. The van der Waals surface area contributed by atoms with Crippen LogP contribution >= 0.6 is 11.3 Å². The van der Waals surface area contributed by atoms with E-state index < -0.39 is 6.10 Å². The fourth-order valence-electron chi connectivity index (χ4n) is 2.35. The molecule has 0 aliphatic carbocycles. The number of benzene rings is 1. The number of aromatic nitrogens is 2. The zero-order valence-corrected chi connectivity index (χ0v) is 11.4. The minimum atomic E-state index is -0.431. The molecule has 19 heavy (non-hydrogen) atoms. The zero-order chi connectivity index (χ0) is 13.2. The molecule has 2 aromatic rings. The summed E-state index contributed by atoms with van der Waals surface area (Å²) in [6.07, 6.45) is -0.431. The number of β-amino-alcohol motifs (C(OH)–C–C–N with tert-alkyl or cyclic N) is 1. The Hall–Kier alpha value is -1.50. The molecule has 1 aliphatic heterocycles. The molecule has 0 spiro atoms. The molecule has 0 unspecified atom stereocenters. The monoisotopic (exact) mass is 277 g/mol. The van der Waals surface area contributed by atoms with Gasteiger partial charge in [0.1, 0.15) is 5.01 Å². The lowest BCUT2D eigenvalue weighted by Gasteiger charge is -2.31. The first-order valence-electron chi connectivity index (χ1n) is 6.11. The third-order valence-corrected chi connectivity index (χ3v) is 4.09. The average molecular weight is 277 g/mol. The fourth-order valence-corrected chi connectivity index (χ4v) is 3.04. The van der Waals surface area contributed by atoms with Crippen LogP contribution in [0.25, 0.3) is 0 Å². The van der Waals surface area contributed by atoms with Crippen molar-refractivity contribution in [3.63, 3.8) is 0 Å². The van der Waals surface area contributed by atoms with Crippen LogP contribution in [0.2, 0.25) is 0 Å². The summed E-state index contributed by atoms with van der Waals surface area (Å²) < 4.78 is 5.04. The first-order chi connectivity index (χ1) is 9.26. The molecule has 1 N–H and O–H groups in total. The summed E-state index contributed by atoms with van der Waals surface area (Å²) in [5.41, 5.74) is 2.21. The highest BCUT2D eigenvalue weighted by atomic mass is 32.1. The summed E-state index contributed by atoms with van der Waals surface area (Å²) in [5.74, 6) is 0. The molecule has 6 heteroatoms. The first-order valence-corrected chi connectivity index (χ1v) is 6.92. The molecule has 2 heterocycles. The summed E-state index contributed by atoms with van der Waals surface area (Å²) in [5, 5.41) is 19.6. The van der Waals surface area contributed by atoms with Crippen LogP contribution in [0, 0.1) is 0 Å². The van der Waals surface area contributed by atoms with E-state index in [-0.39, 0.29) is 0 Å². The highest BCUT2D eigenvalue weighted by Gasteiger charge is 2.24. The second-order valence-electron chi connectivity index (χ2n) is 4.55.